The summed E-state index contributed by atoms with van der Waals surface area (Å²) in [6.07, 6.45) is 4.12. The Balaban J connectivity index is 2.29. The van der Waals surface area contributed by atoms with Crippen LogP contribution >= 0.6 is 34.2 Å². The van der Waals surface area contributed by atoms with E-state index < -0.39 is 11.6 Å². The molecule has 2 rings (SSSR count). The summed E-state index contributed by atoms with van der Waals surface area (Å²) in [5.41, 5.74) is -0.681. The monoisotopic (exact) mass is 418 g/mol. The van der Waals surface area contributed by atoms with Crippen molar-refractivity contribution < 1.29 is 9.53 Å². The smallest absolute Gasteiger partial charge is 0.236 e. The van der Waals surface area contributed by atoms with Crippen molar-refractivity contribution in [1.29, 1.82) is 0 Å². The first kappa shape index (κ1) is 16.3. The van der Waals surface area contributed by atoms with E-state index in [2.05, 4.69) is 27.6 Å². The molecule has 4 nitrogen and oxygen atoms in total. The lowest BCUT2D eigenvalue weighted by Gasteiger charge is -2.27. The van der Waals surface area contributed by atoms with Gasteiger partial charge in [-0.25, -0.2) is 4.98 Å². The van der Waals surface area contributed by atoms with Crippen molar-refractivity contribution in [2.45, 2.75) is 20.1 Å². The van der Waals surface area contributed by atoms with Crippen LogP contribution in [-0.4, -0.2) is 21.2 Å². The molecule has 0 aliphatic carbocycles. The molecule has 0 spiro atoms. The normalized spacial score (nSPS) is 13.0. The maximum Gasteiger partial charge on any atom is 0.236 e. The highest BCUT2D eigenvalue weighted by Crippen LogP contribution is 2.28. The molecule has 0 saturated heterocycles. The summed E-state index contributed by atoms with van der Waals surface area (Å²) in [7, 11) is 0. The number of nitrogens with zero attached hydrogens (tertiary/aromatic N) is 2. The second-order valence-corrected chi connectivity index (χ2v) is 6.83. The van der Waals surface area contributed by atoms with Crippen LogP contribution in [0.2, 0.25) is 0 Å². The third-order valence-corrected chi connectivity index (χ3v) is 4.47. The van der Waals surface area contributed by atoms with Gasteiger partial charge in [-0.15, -0.1) is 11.6 Å². The number of ketones is 1. The molecule has 0 N–H and O–H groups in total. The number of rotatable bonds is 6. The van der Waals surface area contributed by atoms with Crippen LogP contribution in [0.1, 0.15) is 20.1 Å². The van der Waals surface area contributed by atoms with Gasteiger partial charge >= 0.3 is 0 Å². The first-order valence-corrected chi connectivity index (χ1v) is 8.05. The van der Waals surface area contributed by atoms with Crippen LogP contribution in [0.5, 0.6) is 5.75 Å². The first-order valence-electron chi connectivity index (χ1n) is 6.44. The standard InChI is InChI=1S/C15H16ClIN2O2/c1-15(2,9-16)13(20)14(19-8-7-18-10-19)21-12-5-3-11(17)4-6-12/h3-8,10,14H,9H2,1-2H3. The van der Waals surface area contributed by atoms with Crippen molar-refractivity contribution in [3.8, 4) is 5.75 Å². The van der Waals surface area contributed by atoms with Crippen molar-refractivity contribution in [1.82, 2.24) is 9.55 Å². The Morgan fingerprint density at radius 3 is 2.62 bits per heavy atom. The van der Waals surface area contributed by atoms with Gasteiger partial charge in [0.2, 0.25) is 12.0 Å². The lowest BCUT2D eigenvalue weighted by Crippen LogP contribution is -2.36. The summed E-state index contributed by atoms with van der Waals surface area (Å²) >= 11 is 8.13. The zero-order chi connectivity index (χ0) is 15.5. The van der Waals surface area contributed by atoms with Gasteiger partial charge in [0.25, 0.3) is 0 Å². The number of benzene rings is 1. The zero-order valence-corrected chi connectivity index (χ0v) is 14.7. The van der Waals surface area contributed by atoms with E-state index in [0.717, 1.165) is 3.57 Å². The number of ether oxygens (including phenoxy) is 1. The van der Waals surface area contributed by atoms with Gasteiger partial charge < -0.3 is 4.74 Å². The number of alkyl halides is 1. The minimum absolute atomic E-state index is 0.0888. The first-order chi connectivity index (χ1) is 9.94. The van der Waals surface area contributed by atoms with E-state index in [1.807, 2.05) is 38.1 Å². The molecule has 1 aromatic carbocycles. The predicted octanol–water partition coefficient (Wildman–Crippen LogP) is 3.90. The zero-order valence-electron chi connectivity index (χ0n) is 11.8. The average Bonchev–Trinajstić information content (AvgIpc) is 3.00. The molecular weight excluding hydrogens is 403 g/mol. The van der Waals surface area contributed by atoms with Crippen molar-refractivity contribution in [3.63, 3.8) is 0 Å². The molecule has 1 atom stereocenters. The highest BCUT2D eigenvalue weighted by Gasteiger charge is 2.35. The summed E-state index contributed by atoms with van der Waals surface area (Å²) in [6.45, 7) is 3.62. The Kier molecular flexibility index (Phi) is 5.27. The van der Waals surface area contributed by atoms with Crippen LogP contribution in [0.3, 0.4) is 0 Å². The van der Waals surface area contributed by atoms with Crippen molar-refractivity contribution >= 4 is 40.0 Å². The number of aromatic nitrogens is 2. The largest absolute Gasteiger partial charge is 0.463 e. The molecule has 0 radical (unpaired) electrons. The summed E-state index contributed by atoms with van der Waals surface area (Å²) < 4.78 is 8.63. The minimum atomic E-state index is -0.777. The van der Waals surface area contributed by atoms with Crippen molar-refractivity contribution in [3.05, 3.63) is 46.6 Å². The maximum atomic E-state index is 12.7. The molecule has 0 amide bonds. The number of hydrogen-bond donors (Lipinski definition) is 0. The van der Waals surface area contributed by atoms with E-state index in [-0.39, 0.29) is 11.7 Å². The predicted molar refractivity (Wildman–Crippen MR) is 90.6 cm³/mol. The number of imidazole rings is 1. The molecule has 0 aliphatic rings. The van der Waals surface area contributed by atoms with Crippen LogP contribution < -0.4 is 4.74 Å². The maximum absolute atomic E-state index is 12.7. The second-order valence-electron chi connectivity index (χ2n) is 5.32. The van der Waals surface area contributed by atoms with Crippen LogP contribution in [-0.2, 0) is 4.79 Å². The number of Topliss-reactive ketones (excluding diaryl/α,β-unsaturated/α-hetero) is 1. The van der Waals surface area contributed by atoms with Gasteiger partial charge in [0.1, 0.15) is 5.75 Å². The molecule has 1 unspecified atom stereocenters. The fourth-order valence-corrected chi connectivity index (χ4v) is 2.19. The molecule has 0 aliphatic heterocycles. The lowest BCUT2D eigenvalue weighted by atomic mass is 9.89. The van der Waals surface area contributed by atoms with E-state index in [1.165, 1.54) is 0 Å². The fourth-order valence-electron chi connectivity index (χ4n) is 1.70. The van der Waals surface area contributed by atoms with E-state index in [0.29, 0.717) is 5.75 Å². The Labute approximate surface area is 142 Å². The Hall–Kier alpha value is -1.08. The summed E-state index contributed by atoms with van der Waals surface area (Å²) in [6, 6.07) is 7.54. The molecule has 0 bridgehead atoms. The Morgan fingerprint density at radius 2 is 2.10 bits per heavy atom. The number of halogens is 2. The quantitative estimate of drug-likeness (QED) is 0.528. The fraction of sp³-hybridized carbons (Fsp3) is 0.333. The third kappa shape index (κ3) is 3.97. The highest BCUT2D eigenvalue weighted by atomic mass is 127. The van der Waals surface area contributed by atoms with E-state index in [1.54, 1.807) is 23.3 Å². The van der Waals surface area contributed by atoms with Crippen LogP contribution in [0.25, 0.3) is 0 Å². The van der Waals surface area contributed by atoms with Crippen molar-refractivity contribution in [2.24, 2.45) is 5.41 Å². The molecular formula is C15H16ClIN2O2. The van der Waals surface area contributed by atoms with Crippen LogP contribution in [0.15, 0.2) is 43.0 Å². The number of hydrogen-bond acceptors (Lipinski definition) is 3. The summed E-state index contributed by atoms with van der Waals surface area (Å²) in [4.78, 5) is 16.7. The van der Waals surface area contributed by atoms with Crippen LogP contribution in [0.4, 0.5) is 0 Å². The average molecular weight is 419 g/mol. The number of carbonyl (C=O) groups excluding carboxylic acids is 1. The highest BCUT2D eigenvalue weighted by molar-refractivity contribution is 14.1. The van der Waals surface area contributed by atoms with E-state index in [4.69, 9.17) is 16.3 Å². The van der Waals surface area contributed by atoms with E-state index in [9.17, 15) is 4.79 Å². The van der Waals surface area contributed by atoms with Gasteiger partial charge in [0.15, 0.2) is 0 Å². The summed E-state index contributed by atoms with van der Waals surface area (Å²) in [5, 5.41) is 0. The van der Waals surface area contributed by atoms with Crippen molar-refractivity contribution in [2.75, 3.05) is 5.88 Å². The summed E-state index contributed by atoms with van der Waals surface area (Å²) in [5.74, 6) is 0.773. The molecule has 21 heavy (non-hydrogen) atoms. The van der Waals surface area contributed by atoms with Gasteiger partial charge in [-0.1, -0.05) is 13.8 Å². The topological polar surface area (TPSA) is 44.1 Å². The Bertz CT molecular complexity index is 597. The SMILES string of the molecule is CC(C)(CCl)C(=O)C(Oc1ccc(I)cc1)n1ccnc1. The molecule has 112 valence electrons. The van der Waals surface area contributed by atoms with Gasteiger partial charge in [0.05, 0.1) is 6.33 Å². The van der Waals surface area contributed by atoms with Gasteiger partial charge in [-0.05, 0) is 46.9 Å². The molecule has 6 heteroatoms. The molecule has 1 aromatic heterocycles. The molecule has 0 fully saturated rings. The second kappa shape index (κ2) is 6.79. The van der Waals surface area contributed by atoms with Gasteiger partial charge in [0, 0.05) is 27.3 Å². The van der Waals surface area contributed by atoms with Gasteiger partial charge in [-0.3, -0.25) is 9.36 Å². The Morgan fingerprint density at radius 1 is 1.43 bits per heavy atom. The van der Waals surface area contributed by atoms with Gasteiger partial charge in [-0.2, -0.15) is 0 Å². The third-order valence-electron chi connectivity index (χ3n) is 3.08. The molecule has 0 saturated carbocycles. The van der Waals surface area contributed by atoms with Crippen LogP contribution in [0, 0.1) is 8.99 Å². The lowest BCUT2D eigenvalue weighted by molar-refractivity contribution is -0.137. The number of carbonyl (C=O) groups is 1. The molecule has 1 heterocycles. The molecule has 2 aromatic rings. The minimum Gasteiger partial charge on any atom is -0.463 e. The van der Waals surface area contributed by atoms with E-state index >= 15 is 0 Å².